The second-order valence-corrected chi connectivity index (χ2v) is 5.59. The van der Waals surface area contributed by atoms with Gasteiger partial charge in [-0.15, -0.1) is 0 Å². The summed E-state index contributed by atoms with van der Waals surface area (Å²) in [6.45, 7) is 0.101. The van der Waals surface area contributed by atoms with Crippen LogP contribution in [0, 0.1) is 0 Å². The summed E-state index contributed by atoms with van der Waals surface area (Å²) in [5.74, 6) is -1.21. The molecule has 2 heterocycles. The minimum absolute atomic E-state index is 0.101. The minimum atomic E-state index is -0.635. The summed E-state index contributed by atoms with van der Waals surface area (Å²) < 4.78 is 0. The predicted molar refractivity (Wildman–Crippen MR) is 81.2 cm³/mol. The maximum absolute atomic E-state index is 12.1. The van der Waals surface area contributed by atoms with Gasteiger partial charge < -0.3 is 0 Å². The number of carbonyl (C=O) groups is 2. The lowest BCUT2D eigenvalue weighted by molar-refractivity contribution is -0.114. The van der Waals surface area contributed by atoms with Crippen LogP contribution in [0.5, 0.6) is 0 Å². The van der Waals surface area contributed by atoms with E-state index in [9.17, 15) is 9.59 Å². The Morgan fingerprint density at radius 1 is 1.05 bits per heavy atom. The van der Waals surface area contributed by atoms with Crippen molar-refractivity contribution in [1.82, 2.24) is 4.98 Å². The molecule has 4 nitrogen and oxygen atoms in total. The standard InChI is InChI=1S/C14H7Cl3N2O2/c15-9-3-1-2-8-11(9)19(14(21)12(8)20)6-7-4-5-10(16)18-13(7)17/h1-5H,6H2. The molecule has 7 heteroatoms. The van der Waals surface area contributed by atoms with Crippen molar-refractivity contribution in [1.29, 1.82) is 0 Å². The van der Waals surface area contributed by atoms with Crippen molar-refractivity contribution in [2.75, 3.05) is 4.90 Å². The van der Waals surface area contributed by atoms with E-state index in [4.69, 9.17) is 34.8 Å². The van der Waals surface area contributed by atoms with Crippen LogP contribution in [0.3, 0.4) is 0 Å². The number of ketones is 1. The lowest BCUT2D eigenvalue weighted by atomic mass is 10.1. The zero-order valence-electron chi connectivity index (χ0n) is 10.4. The molecule has 0 aliphatic carbocycles. The molecule has 1 aromatic heterocycles. The van der Waals surface area contributed by atoms with Gasteiger partial charge in [0.25, 0.3) is 11.7 Å². The minimum Gasteiger partial charge on any atom is -0.299 e. The van der Waals surface area contributed by atoms with E-state index in [1.807, 2.05) is 0 Å². The maximum atomic E-state index is 12.1. The summed E-state index contributed by atoms with van der Waals surface area (Å²) >= 11 is 17.9. The van der Waals surface area contributed by atoms with Crippen molar-refractivity contribution in [2.24, 2.45) is 0 Å². The number of rotatable bonds is 2. The van der Waals surface area contributed by atoms with Crippen molar-refractivity contribution in [3.8, 4) is 0 Å². The summed E-state index contributed by atoms with van der Waals surface area (Å²) in [4.78, 5) is 29.3. The van der Waals surface area contributed by atoms with Gasteiger partial charge in [0, 0.05) is 5.56 Å². The van der Waals surface area contributed by atoms with Crippen LogP contribution in [-0.4, -0.2) is 16.7 Å². The van der Waals surface area contributed by atoms with Crippen molar-refractivity contribution in [2.45, 2.75) is 6.54 Å². The molecule has 0 N–H and O–H groups in total. The van der Waals surface area contributed by atoms with E-state index in [0.717, 1.165) is 0 Å². The molecule has 0 atom stereocenters. The van der Waals surface area contributed by atoms with Crippen LogP contribution in [-0.2, 0) is 11.3 Å². The molecule has 0 saturated heterocycles. The Morgan fingerprint density at radius 3 is 2.52 bits per heavy atom. The number of fused-ring (bicyclic) bond motifs is 1. The third kappa shape index (κ3) is 2.39. The van der Waals surface area contributed by atoms with Crippen LogP contribution in [0.2, 0.25) is 15.3 Å². The molecule has 1 aliphatic rings. The smallest absolute Gasteiger partial charge is 0.299 e. The lowest BCUT2D eigenvalue weighted by Crippen LogP contribution is -2.29. The number of anilines is 1. The predicted octanol–water partition coefficient (Wildman–Crippen LogP) is 3.77. The number of aromatic nitrogens is 1. The molecular formula is C14H7Cl3N2O2. The molecule has 0 saturated carbocycles. The number of carbonyl (C=O) groups excluding carboxylic acids is 2. The monoisotopic (exact) mass is 340 g/mol. The highest BCUT2D eigenvalue weighted by Crippen LogP contribution is 2.37. The SMILES string of the molecule is O=C1C(=O)N(Cc2ccc(Cl)nc2Cl)c2c(Cl)cccc21. The van der Waals surface area contributed by atoms with Crippen LogP contribution >= 0.6 is 34.8 Å². The average molecular weight is 342 g/mol. The molecule has 1 aliphatic heterocycles. The van der Waals surface area contributed by atoms with Gasteiger partial charge in [-0.1, -0.05) is 46.9 Å². The van der Waals surface area contributed by atoms with Gasteiger partial charge in [0.2, 0.25) is 0 Å². The highest BCUT2D eigenvalue weighted by Gasteiger charge is 2.37. The fourth-order valence-corrected chi connectivity index (χ4v) is 2.87. The Balaban J connectivity index is 2.04. The van der Waals surface area contributed by atoms with E-state index in [-0.39, 0.29) is 16.9 Å². The first-order chi connectivity index (χ1) is 9.99. The first kappa shape index (κ1) is 14.3. The maximum Gasteiger partial charge on any atom is 0.299 e. The van der Waals surface area contributed by atoms with Gasteiger partial charge in [-0.05, 0) is 18.2 Å². The van der Waals surface area contributed by atoms with Gasteiger partial charge >= 0.3 is 0 Å². The van der Waals surface area contributed by atoms with Crippen molar-refractivity contribution < 1.29 is 9.59 Å². The topological polar surface area (TPSA) is 50.3 Å². The van der Waals surface area contributed by atoms with Crippen molar-refractivity contribution in [3.05, 3.63) is 56.8 Å². The molecule has 1 amide bonds. The van der Waals surface area contributed by atoms with Gasteiger partial charge in [0.05, 0.1) is 22.8 Å². The number of pyridine rings is 1. The molecule has 0 fully saturated rings. The number of para-hydroxylation sites is 1. The summed E-state index contributed by atoms with van der Waals surface area (Å²) in [6, 6.07) is 8.06. The molecule has 3 rings (SSSR count). The zero-order chi connectivity index (χ0) is 15.1. The van der Waals surface area contributed by atoms with Gasteiger partial charge in [0.15, 0.2) is 0 Å². The molecule has 106 valence electrons. The molecular weight excluding hydrogens is 335 g/mol. The molecule has 0 bridgehead atoms. The van der Waals surface area contributed by atoms with E-state index < -0.39 is 11.7 Å². The largest absolute Gasteiger partial charge is 0.299 e. The number of hydrogen-bond donors (Lipinski definition) is 0. The fraction of sp³-hybridized carbons (Fsp3) is 0.0714. The molecule has 0 unspecified atom stereocenters. The van der Waals surface area contributed by atoms with Gasteiger partial charge in [-0.3, -0.25) is 14.5 Å². The number of benzene rings is 1. The van der Waals surface area contributed by atoms with Crippen LogP contribution < -0.4 is 4.90 Å². The summed E-state index contributed by atoms with van der Waals surface area (Å²) in [7, 11) is 0. The molecule has 2 aromatic rings. The Bertz CT molecular complexity index is 777. The lowest BCUT2D eigenvalue weighted by Gasteiger charge is -2.18. The second kappa shape index (κ2) is 5.30. The Labute approximate surface area is 135 Å². The highest BCUT2D eigenvalue weighted by atomic mass is 35.5. The Morgan fingerprint density at radius 2 is 1.81 bits per heavy atom. The summed E-state index contributed by atoms with van der Waals surface area (Å²) in [5, 5.41) is 0.777. The molecule has 21 heavy (non-hydrogen) atoms. The Hall–Kier alpha value is -1.62. The van der Waals surface area contributed by atoms with Crippen LogP contribution in [0.1, 0.15) is 15.9 Å². The van der Waals surface area contributed by atoms with Crippen LogP contribution in [0.25, 0.3) is 0 Å². The van der Waals surface area contributed by atoms with E-state index >= 15 is 0 Å². The molecule has 0 spiro atoms. The number of nitrogens with zero attached hydrogens (tertiary/aromatic N) is 2. The summed E-state index contributed by atoms with van der Waals surface area (Å²) in [5.41, 5.74) is 1.28. The fourth-order valence-electron chi connectivity index (χ4n) is 2.19. The second-order valence-electron chi connectivity index (χ2n) is 4.44. The van der Waals surface area contributed by atoms with E-state index in [2.05, 4.69) is 4.98 Å². The average Bonchev–Trinajstić information content (AvgIpc) is 2.68. The van der Waals surface area contributed by atoms with E-state index in [1.165, 1.54) is 4.90 Å². The first-order valence-corrected chi connectivity index (χ1v) is 7.08. The van der Waals surface area contributed by atoms with Gasteiger partial charge in [-0.2, -0.15) is 0 Å². The van der Waals surface area contributed by atoms with Gasteiger partial charge in [0.1, 0.15) is 10.3 Å². The zero-order valence-corrected chi connectivity index (χ0v) is 12.7. The number of halogens is 3. The van der Waals surface area contributed by atoms with Crippen molar-refractivity contribution >= 4 is 52.2 Å². The number of Topliss-reactive ketones (excluding diaryl/α,β-unsaturated/α-hetero) is 1. The third-order valence-electron chi connectivity index (χ3n) is 3.16. The van der Waals surface area contributed by atoms with Crippen LogP contribution in [0.4, 0.5) is 5.69 Å². The first-order valence-electron chi connectivity index (χ1n) is 5.94. The third-order valence-corrected chi connectivity index (χ3v) is 4.00. The number of hydrogen-bond acceptors (Lipinski definition) is 3. The van der Waals surface area contributed by atoms with Gasteiger partial charge in [-0.25, -0.2) is 4.98 Å². The van der Waals surface area contributed by atoms with E-state index in [1.54, 1.807) is 30.3 Å². The van der Waals surface area contributed by atoms with E-state index in [0.29, 0.717) is 21.8 Å². The summed E-state index contributed by atoms with van der Waals surface area (Å²) in [6.07, 6.45) is 0. The van der Waals surface area contributed by atoms with Crippen molar-refractivity contribution in [3.63, 3.8) is 0 Å². The normalized spacial score (nSPS) is 13.8. The highest BCUT2D eigenvalue weighted by molar-refractivity contribution is 6.54. The number of amides is 1. The Kier molecular flexibility index (Phi) is 3.61. The quantitative estimate of drug-likeness (QED) is 0.617. The molecule has 0 radical (unpaired) electrons. The molecule has 1 aromatic carbocycles. The van der Waals surface area contributed by atoms with Crippen LogP contribution in [0.15, 0.2) is 30.3 Å².